The van der Waals surface area contributed by atoms with Gasteiger partial charge in [0.25, 0.3) is 15.9 Å². The first kappa shape index (κ1) is 25.7. The molecule has 0 bridgehead atoms. The van der Waals surface area contributed by atoms with Crippen LogP contribution in [0.2, 0.25) is 0 Å². The van der Waals surface area contributed by atoms with E-state index < -0.39 is 15.9 Å². The van der Waals surface area contributed by atoms with Gasteiger partial charge in [-0.1, -0.05) is 72.3 Å². The molecule has 1 N–H and O–H groups in total. The summed E-state index contributed by atoms with van der Waals surface area (Å²) in [6, 6.07) is 29.7. The highest BCUT2D eigenvalue weighted by Crippen LogP contribution is 2.29. The van der Waals surface area contributed by atoms with Gasteiger partial charge in [-0.15, -0.1) is 0 Å². The third kappa shape index (κ3) is 6.05. The quantitative estimate of drug-likeness (QED) is 0.247. The second-order valence-corrected chi connectivity index (χ2v) is 10.1. The number of aryl methyl sites for hydroxylation is 1. The number of para-hydroxylation sites is 2. The van der Waals surface area contributed by atoms with Crippen LogP contribution in [0.3, 0.4) is 0 Å². The van der Waals surface area contributed by atoms with E-state index in [1.54, 1.807) is 67.8 Å². The van der Waals surface area contributed by atoms with Gasteiger partial charge < -0.3 is 4.74 Å². The van der Waals surface area contributed by atoms with Crippen LogP contribution in [0.15, 0.2) is 113 Å². The Kier molecular flexibility index (Phi) is 8.00. The van der Waals surface area contributed by atoms with E-state index in [0.717, 1.165) is 11.1 Å². The van der Waals surface area contributed by atoms with Gasteiger partial charge in [-0.2, -0.15) is 5.10 Å². The Hall–Kier alpha value is -4.43. The first-order valence-electron chi connectivity index (χ1n) is 11.6. The van der Waals surface area contributed by atoms with Gasteiger partial charge in [-0.25, -0.2) is 13.8 Å². The third-order valence-electron chi connectivity index (χ3n) is 5.70. The lowest BCUT2D eigenvalue weighted by Gasteiger charge is -2.26. The van der Waals surface area contributed by atoms with Gasteiger partial charge in [-0.3, -0.25) is 9.10 Å². The van der Waals surface area contributed by atoms with Crippen LogP contribution in [-0.4, -0.2) is 27.6 Å². The molecule has 0 heterocycles. The summed E-state index contributed by atoms with van der Waals surface area (Å²) in [7, 11) is -2.45. The molecular formula is C29H27N3O4S. The van der Waals surface area contributed by atoms with Crippen LogP contribution in [0.4, 0.5) is 5.69 Å². The summed E-state index contributed by atoms with van der Waals surface area (Å²) >= 11 is 0. The summed E-state index contributed by atoms with van der Waals surface area (Å²) in [5.41, 5.74) is 5.34. The Morgan fingerprint density at radius 3 is 2.27 bits per heavy atom. The molecule has 7 nitrogen and oxygen atoms in total. The van der Waals surface area contributed by atoms with Gasteiger partial charge in [0.2, 0.25) is 0 Å². The van der Waals surface area contributed by atoms with Gasteiger partial charge in [-0.05, 0) is 48.9 Å². The number of hydrogen-bond donors (Lipinski definition) is 1. The molecule has 188 valence electrons. The van der Waals surface area contributed by atoms with Crippen molar-refractivity contribution in [3.8, 4) is 5.75 Å². The number of benzene rings is 4. The average molecular weight is 514 g/mol. The van der Waals surface area contributed by atoms with Crippen molar-refractivity contribution in [3.05, 3.63) is 125 Å². The van der Waals surface area contributed by atoms with Crippen LogP contribution in [0, 0.1) is 6.92 Å². The second kappa shape index (κ2) is 11.5. The molecule has 0 saturated heterocycles. The zero-order valence-corrected chi connectivity index (χ0v) is 21.4. The molecule has 4 aromatic rings. The molecule has 0 aliphatic heterocycles. The van der Waals surface area contributed by atoms with Crippen LogP contribution in [0.25, 0.3) is 0 Å². The second-order valence-electron chi connectivity index (χ2n) is 8.27. The first-order valence-corrected chi connectivity index (χ1v) is 13.0. The number of nitrogens with zero attached hydrogens (tertiary/aromatic N) is 2. The van der Waals surface area contributed by atoms with E-state index in [9.17, 15) is 13.2 Å². The van der Waals surface area contributed by atoms with Crippen molar-refractivity contribution >= 4 is 27.8 Å². The molecule has 0 saturated carbocycles. The van der Waals surface area contributed by atoms with Crippen molar-refractivity contribution in [2.45, 2.75) is 18.4 Å². The number of rotatable bonds is 9. The molecule has 0 spiro atoms. The maximum atomic E-state index is 13.8. The third-order valence-corrected chi connectivity index (χ3v) is 7.48. The van der Waals surface area contributed by atoms with Crippen LogP contribution in [0.5, 0.6) is 5.75 Å². The molecule has 4 aromatic carbocycles. The zero-order valence-electron chi connectivity index (χ0n) is 20.5. The maximum absolute atomic E-state index is 13.8. The Morgan fingerprint density at radius 2 is 1.54 bits per heavy atom. The highest BCUT2D eigenvalue weighted by atomic mass is 32.2. The van der Waals surface area contributed by atoms with Gasteiger partial charge in [0.15, 0.2) is 0 Å². The normalized spacial score (nSPS) is 11.3. The van der Waals surface area contributed by atoms with Crippen molar-refractivity contribution in [1.82, 2.24) is 5.43 Å². The Balaban J connectivity index is 1.70. The minimum atomic E-state index is -4.00. The molecule has 8 heteroatoms. The van der Waals surface area contributed by atoms with Crippen molar-refractivity contribution in [2.75, 3.05) is 11.4 Å². The fourth-order valence-electron chi connectivity index (χ4n) is 3.76. The number of carbonyl (C=O) groups excluding carboxylic acids is 1. The number of methoxy groups -OCH3 is 1. The highest BCUT2D eigenvalue weighted by Gasteiger charge is 2.28. The molecule has 1 amide bonds. The molecule has 37 heavy (non-hydrogen) atoms. The summed E-state index contributed by atoms with van der Waals surface area (Å²) in [6.45, 7) is 1.94. The predicted molar refractivity (Wildman–Crippen MR) is 145 cm³/mol. The average Bonchev–Trinajstić information content (AvgIpc) is 2.92. The smallest absolute Gasteiger partial charge is 0.273 e. The number of hydrazone groups is 1. The standard InChI is InChI=1S/C29H27N3O4S/c1-22-16-18-25(19-17-22)37(34,35)32(21-23-10-4-3-5-11-23)27-14-8-7-13-26(27)29(33)31-30-20-24-12-6-9-15-28(24)36-2/h3-20H,21H2,1-2H3,(H,31,33). The van der Waals surface area contributed by atoms with Gasteiger partial charge in [0, 0.05) is 5.56 Å². The monoisotopic (exact) mass is 513 g/mol. The van der Waals surface area contributed by atoms with Crippen molar-refractivity contribution in [1.29, 1.82) is 0 Å². The van der Waals surface area contributed by atoms with Crippen molar-refractivity contribution in [3.63, 3.8) is 0 Å². The lowest BCUT2D eigenvalue weighted by molar-refractivity contribution is 0.0955. The molecule has 4 rings (SSSR count). The summed E-state index contributed by atoms with van der Waals surface area (Å²) in [4.78, 5) is 13.3. The zero-order chi connectivity index (χ0) is 26.3. The lowest BCUT2D eigenvalue weighted by atomic mass is 10.1. The number of amides is 1. The van der Waals surface area contributed by atoms with E-state index in [-0.39, 0.29) is 22.7 Å². The summed E-state index contributed by atoms with van der Waals surface area (Å²) in [5, 5.41) is 4.07. The number of ether oxygens (including phenoxy) is 1. The number of anilines is 1. The molecule has 0 atom stereocenters. The molecular weight excluding hydrogens is 486 g/mol. The van der Waals surface area contributed by atoms with E-state index >= 15 is 0 Å². The summed E-state index contributed by atoms with van der Waals surface area (Å²) in [6.07, 6.45) is 1.48. The molecule has 0 unspecified atom stereocenters. The van der Waals surface area contributed by atoms with Crippen LogP contribution < -0.4 is 14.5 Å². The Bertz CT molecular complexity index is 1500. The van der Waals surface area contributed by atoms with Gasteiger partial charge >= 0.3 is 0 Å². The largest absolute Gasteiger partial charge is 0.496 e. The number of hydrogen-bond acceptors (Lipinski definition) is 5. The van der Waals surface area contributed by atoms with Crippen LogP contribution in [0.1, 0.15) is 27.0 Å². The fraction of sp³-hybridized carbons (Fsp3) is 0.103. The summed E-state index contributed by atoms with van der Waals surface area (Å²) in [5.74, 6) is 0.0676. The van der Waals surface area contributed by atoms with E-state index in [1.807, 2.05) is 49.4 Å². The van der Waals surface area contributed by atoms with Crippen LogP contribution in [-0.2, 0) is 16.6 Å². The molecule has 0 aromatic heterocycles. The van der Waals surface area contributed by atoms with Gasteiger partial charge in [0.05, 0.1) is 36.0 Å². The molecule has 0 aliphatic rings. The summed E-state index contributed by atoms with van der Waals surface area (Å²) < 4.78 is 34.2. The predicted octanol–water partition coefficient (Wildman–Crippen LogP) is 5.16. The van der Waals surface area contributed by atoms with Gasteiger partial charge in [0.1, 0.15) is 5.75 Å². The highest BCUT2D eigenvalue weighted by molar-refractivity contribution is 7.92. The minimum absolute atomic E-state index is 0.0474. The van der Waals surface area contributed by atoms with E-state index in [2.05, 4.69) is 10.5 Å². The Labute approximate surface area is 217 Å². The Morgan fingerprint density at radius 1 is 0.892 bits per heavy atom. The van der Waals surface area contributed by atoms with Crippen LogP contribution >= 0.6 is 0 Å². The van der Waals surface area contributed by atoms with Crippen molar-refractivity contribution < 1.29 is 17.9 Å². The molecule has 0 fully saturated rings. The van der Waals surface area contributed by atoms with E-state index in [0.29, 0.717) is 11.3 Å². The first-order chi connectivity index (χ1) is 17.9. The topological polar surface area (TPSA) is 88.1 Å². The maximum Gasteiger partial charge on any atom is 0.273 e. The minimum Gasteiger partial charge on any atom is -0.496 e. The number of sulfonamides is 1. The van der Waals surface area contributed by atoms with E-state index in [4.69, 9.17) is 4.74 Å². The molecule has 0 aliphatic carbocycles. The van der Waals surface area contributed by atoms with Crippen molar-refractivity contribution in [2.24, 2.45) is 5.10 Å². The fourth-order valence-corrected chi connectivity index (χ4v) is 5.23. The lowest BCUT2D eigenvalue weighted by Crippen LogP contribution is -2.33. The number of nitrogens with one attached hydrogen (secondary N) is 1. The van der Waals surface area contributed by atoms with E-state index in [1.165, 1.54) is 10.5 Å². The number of carbonyl (C=O) groups is 1. The molecule has 0 radical (unpaired) electrons. The SMILES string of the molecule is COc1ccccc1C=NNC(=O)c1ccccc1N(Cc1ccccc1)S(=O)(=O)c1ccc(C)cc1.